The van der Waals surface area contributed by atoms with Crippen molar-refractivity contribution in [2.45, 2.75) is 32.6 Å². The fourth-order valence-corrected chi connectivity index (χ4v) is 3.65. The lowest BCUT2D eigenvalue weighted by molar-refractivity contribution is -0.138. The zero-order valence-electron chi connectivity index (χ0n) is 24.9. The SMILES string of the molecule is C=CC(=O)OCCCCCC(=O)Oc1ccc(C(=O)Oc2ccc(OC(=O)c3ccc(OC(=O)OC(=O)C=C)cc3)c(C)c2)cc1. The highest BCUT2D eigenvalue weighted by Crippen LogP contribution is 2.26. The van der Waals surface area contributed by atoms with E-state index in [9.17, 15) is 28.8 Å². The molecule has 3 rings (SSSR count). The number of rotatable bonds is 14. The van der Waals surface area contributed by atoms with Crippen molar-refractivity contribution in [3.63, 3.8) is 0 Å². The summed E-state index contributed by atoms with van der Waals surface area (Å²) in [5.74, 6) is -2.50. The number of benzene rings is 3. The number of ether oxygens (including phenoxy) is 6. The molecule has 0 aliphatic carbocycles. The minimum Gasteiger partial charge on any atom is -0.463 e. The summed E-state index contributed by atoms with van der Waals surface area (Å²) in [7, 11) is 0. The minimum atomic E-state index is -1.25. The summed E-state index contributed by atoms with van der Waals surface area (Å²) in [6, 6.07) is 15.7. The number of aryl methyl sites for hydroxylation is 1. The Morgan fingerprint density at radius 1 is 0.630 bits per heavy atom. The maximum atomic E-state index is 12.6. The zero-order chi connectivity index (χ0) is 33.5. The topological polar surface area (TPSA) is 158 Å². The van der Waals surface area contributed by atoms with E-state index >= 15 is 0 Å². The monoisotopic (exact) mass is 630 g/mol. The maximum Gasteiger partial charge on any atom is 0.521 e. The Kier molecular flexibility index (Phi) is 13.0. The number of hydrogen-bond donors (Lipinski definition) is 0. The van der Waals surface area contributed by atoms with E-state index in [1.807, 2.05) is 0 Å². The van der Waals surface area contributed by atoms with Gasteiger partial charge in [0.1, 0.15) is 23.0 Å². The number of unbranched alkanes of at least 4 members (excludes halogenated alkanes) is 2. The average molecular weight is 631 g/mol. The van der Waals surface area contributed by atoms with Crippen LogP contribution >= 0.6 is 0 Å². The van der Waals surface area contributed by atoms with Crippen molar-refractivity contribution < 1.29 is 57.2 Å². The van der Waals surface area contributed by atoms with Gasteiger partial charge in [0.2, 0.25) is 0 Å². The third kappa shape index (κ3) is 11.2. The molecule has 3 aromatic carbocycles. The second kappa shape index (κ2) is 17.3. The first-order valence-electron chi connectivity index (χ1n) is 13.9. The van der Waals surface area contributed by atoms with Gasteiger partial charge in [-0.3, -0.25) is 4.79 Å². The van der Waals surface area contributed by atoms with Gasteiger partial charge in [-0.1, -0.05) is 13.2 Å². The van der Waals surface area contributed by atoms with Gasteiger partial charge in [0.05, 0.1) is 17.7 Å². The summed E-state index contributed by atoms with van der Waals surface area (Å²) in [6.07, 6.45) is 2.70. The van der Waals surface area contributed by atoms with E-state index in [-0.39, 0.29) is 47.2 Å². The van der Waals surface area contributed by atoms with Crippen molar-refractivity contribution in [2.24, 2.45) is 0 Å². The van der Waals surface area contributed by atoms with Crippen LogP contribution < -0.4 is 18.9 Å². The van der Waals surface area contributed by atoms with Crippen molar-refractivity contribution >= 4 is 36.0 Å². The number of hydrogen-bond acceptors (Lipinski definition) is 12. The van der Waals surface area contributed by atoms with Crippen molar-refractivity contribution in [3.8, 4) is 23.0 Å². The number of carbonyl (C=O) groups is 6. The van der Waals surface area contributed by atoms with Crippen LogP contribution in [-0.4, -0.2) is 42.6 Å². The molecule has 238 valence electrons. The summed E-state index contributed by atoms with van der Waals surface area (Å²) >= 11 is 0. The third-order valence-electron chi connectivity index (χ3n) is 5.96. The van der Waals surface area contributed by atoms with Crippen LogP contribution in [0, 0.1) is 6.92 Å². The van der Waals surface area contributed by atoms with E-state index in [0.29, 0.717) is 24.8 Å². The molecule has 0 N–H and O–H groups in total. The first-order chi connectivity index (χ1) is 22.1. The Morgan fingerprint density at radius 2 is 1.20 bits per heavy atom. The van der Waals surface area contributed by atoms with Crippen molar-refractivity contribution in [1.29, 1.82) is 0 Å². The second-order valence-corrected chi connectivity index (χ2v) is 9.39. The maximum absolute atomic E-state index is 12.6. The van der Waals surface area contributed by atoms with Crippen molar-refractivity contribution in [1.82, 2.24) is 0 Å². The van der Waals surface area contributed by atoms with Crippen LogP contribution in [0.5, 0.6) is 23.0 Å². The van der Waals surface area contributed by atoms with Crippen LogP contribution in [0.3, 0.4) is 0 Å². The van der Waals surface area contributed by atoms with Gasteiger partial charge in [-0.05, 0) is 98.5 Å². The predicted octanol–water partition coefficient (Wildman–Crippen LogP) is 5.86. The smallest absolute Gasteiger partial charge is 0.463 e. The highest BCUT2D eigenvalue weighted by molar-refractivity contribution is 5.93. The molecule has 12 nitrogen and oxygen atoms in total. The average Bonchev–Trinajstić information content (AvgIpc) is 3.04. The lowest BCUT2D eigenvalue weighted by Gasteiger charge is -2.10. The molecule has 0 radical (unpaired) electrons. The van der Waals surface area contributed by atoms with E-state index in [4.69, 9.17) is 23.7 Å². The molecule has 0 unspecified atom stereocenters. The molecule has 0 spiro atoms. The van der Waals surface area contributed by atoms with E-state index < -0.39 is 36.0 Å². The van der Waals surface area contributed by atoms with Crippen LogP contribution in [0.4, 0.5) is 4.79 Å². The largest absolute Gasteiger partial charge is 0.521 e. The summed E-state index contributed by atoms with van der Waals surface area (Å²) < 4.78 is 30.2. The van der Waals surface area contributed by atoms with Crippen LogP contribution in [0.15, 0.2) is 92.0 Å². The Balaban J connectivity index is 1.46. The van der Waals surface area contributed by atoms with Gasteiger partial charge < -0.3 is 28.4 Å². The Labute approximate surface area is 264 Å². The van der Waals surface area contributed by atoms with Gasteiger partial charge >= 0.3 is 36.0 Å². The van der Waals surface area contributed by atoms with E-state index in [1.165, 1.54) is 66.7 Å². The van der Waals surface area contributed by atoms with Gasteiger partial charge in [0.15, 0.2) is 0 Å². The third-order valence-corrected chi connectivity index (χ3v) is 5.96. The summed E-state index contributed by atoms with van der Waals surface area (Å²) in [5.41, 5.74) is 0.874. The minimum absolute atomic E-state index is 0.0328. The van der Waals surface area contributed by atoms with E-state index in [0.717, 1.165) is 12.2 Å². The molecule has 46 heavy (non-hydrogen) atoms. The van der Waals surface area contributed by atoms with Crippen molar-refractivity contribution in [3.05, 3.63) is 109 Å². The fourth-order valence-electron chi connectivity index (χ4n) is 3.65. The number of esters is 5. The molecular weight excluding hydrogens is 600 g/mol. The quantitative estimate of drug-likeness (QED) is 0.0523. The molecule has 0 atom stereocenters. The molecule has 0 heterocycles. The van der Waals surface area contributed by atoms with Crippen molar-refractivity contribution in [2.75, 3.05) is 6.61 Å². The fraction of sp³-hybridized carbons (Fsp3) is 0.176. The Bertz CT molecular complexity index is 1600. The van der Waals surface area contributed by atoms with Gasteiger partial charge in [-0.2, -0.15) is 0 Å². The molecule has 0 aliphatic rings. The van der Waals surface area contributed by atoms with Gasteiger partial charge in [0.25, 0.3) is 0 Å². The molecule has 0 amide bonds. The lowest BCUT2D eigenvalue weighted by Crippen LogP contribution is -2.14. The molecule has 0 fully saturated rings. The Hall–Kier alpha value is -6.04. The first-order valence-corrected chi connectivity index (χ1v) is 13.9. The molecule has 0 saturated heterocycles. The predicted molar refractivity (Wildman–Crippen MR) is 162 cm³/mol. The van der Waals surface area contributed by atoms with Crippen LogP contribution in [0.1, 0.15) is 52.0 Å². The molecule has 3 aromatic rings. The summed E-state index contributed by atoms with van der Waals surface area (Å²) in [6.45, 7) is 8.40. The van der Waals surface area contributed by atoms with Crippen LogP contribution in [0.25, 0.3) is 0 Å². The molecule has 0 aromatic heterocycles. The van der Waals surface area contributed by atoms with Crippen LogP contribution in [0.2, 0.25) is 0 Å². The second-order valence-electron chi connectivity index (χ2n) is 9.39. The lowest BCUT2D eigenvalue weighted by atomic mass is 10.2. The van der Waals surface area contributed by atoms with E-state index in [2.05, 4.69) is 17.9 Å². The van der Waals surface area contributed by atoms with Gasteiger partial charge in [-0.25, -0.2) is 24.0 Å². The molecule has 12 heteroatoms. The van der Waals surface area contributed by atoms with Gasteiger partial charge in [0, 0.05) is 18.6 Å². The highest BCUT2D eigenvalue weighted by Gasteiger charge is 2.15. The molecule has 0 bridgehead atoms. The zero-order valence-corrected chi connectivity index (χ0v) is 24.9. The van der Waals surface area contributed by atoms with Crippen LogP contribution in [-0.2, 0) is 23.9 Å². The van der Waals surface area contributed by atoms with E-state index in [1.54, 1.807) is 6.92 Å². The number of carbonyl (C=O) groups excluding carboxylic acids is 6. The summed E-state index contributed by atoms with van der Waals surface area (Å²) in [4.78, 5) is 70.9. The highest BCUT2D eigenvalue weighted by atomic mass is 16.7. The molecular formula is C34H30O12. The molecule has 0 aliphatic heterocycles. The first kappa shape index (κ1) is 34.5. The standard InChI is InChI=1S/C34H30O12/c1-4-29(35)41-20-8-6-7-9-31(37)42-25-14-10-23(11-15-25)32(38)43-27-18-19-28(22(3)21-27)45-33(39)24-12-16-26(17-13-24)44-34(40)46-30(36)5-2/h4-5,10-19,21H,1-2,6-9,20H2,3H3. The molecule has 0 saturated carbocycles. The Morgan fingerprint density at radius 3 is 1.78 bits per heavy atom. The normalized spacial score (nSPS) is 10.1. The summed E-state index contributed by atoms with van der Waals surface area (Å²) in [5, 5.41) is 0. The van der Waals surface area contributed by atoms with Gasteiger partial charge in [-0.15, -0.1) is 0 Å².